The Morgan fingerprint density at radius 2 is 2.00 bits per heavy atom. The number of para-hydroxylation sites is 1. The summed E-state index contributed by atoms with van der Waals surface area (Å²) in [6, 6.07) is 15.5. The molecule has 1 amide bonds. The zero-order valence-corrected chi connectivity index (χ0v) is 20.3. The fraction of sp³-hybridized carbons (Fsp3) is 0.391. The number of aryl methyl sites for hydroxylation is 1. The zero-order chi connectivity index (χ0) is 21.2. The molecule has 168 valence electrons. The van der Waals surface area contributed by atoms with E-state index in [0.717, 1.165) is 35.6 Å². The predicted molar refractivity (Wildman–Crippen MR) is 134 cm³/mol. The molecule has 0 spiro atoms. The van der Waals surface area contributed by atoms with E-state index in [4.69, 9.17) is 9.47 Å². The summed E-state index contributed by atoms with van der Waals surface area (Å²) in [4.78, 5) is 16.8. The lowest BCUT2D eigenvalue weighted by atomic mass is 10.1. The Hall–Kier alpha value is -2.33. The first-order valence-electron chi connectivity index (χ1n) is 10.3. The molecular weight excluding hydrogens is 507 g/mol. The van der Waals surface area contributed by atoms with Crippen molar-refractivity contribution in [2.45, 2.75) is 32.9 Å². The lowest BCUT2D eigenvalue weighted by molar-refractivity contribution is -0.115. The quantitative estimate of drug-likeness (QED) is 0.273. The highest BCUT2D eigenvalue weighted by Crippen LogP contribution is 2.24. The van der Waals surface area contributed by atoms with Gasteiger partial charge in [0.15, 0.2) is 5.96 Å². The van der Waals surface area contributed by atoms with Gasteiger partial charge < -0.3 is 25.4 Å². The number of hydrogen-bond acceptors (Lipinski definition) is 4. The van der Waals surface area contributed by atoms with Gasteiger partial charge in [-0.15, -0.1) is 24.0 Å². The van der Waals surface area contributed by atoms with Crippen LogP contribution < -0.4 is 20.7 Å². The topological polar surface area (TPSA) is 84.0 Å². The van der Waals surface area contributed by atoms with Gasteiger partial charge in [-0.05, 0) is 37.6 Å². The molecule has 1 heterocycles. The normalized spacial score (nSPS) is 15.7. The summed E-state index contributed by atoms with van der Waals surface area (Å²) in [5, 5.41) is 9.11. The van der Waals surface area contributed by atoms with Crippen molar-refractivity contribution in [3.05, 3.63) is 59.7 Å². The maximum Gasteiger partial charge on any atom is 0.243 e. The summed E-state index contributed by atoms with van der Waals surface area (Å²) >= 11 is 0. The summed E-state index contributed by atoms with van der Waals surface area (Å²) in [6.45, 7) is 6.66. The van der Waals surface area contributed by atoms with Crippen molar-refractivity contribution in [1.82, 2.24) is 10.6 Å². The Morgan fingerprint density at radius 1 is 1.19 bits per heavy atom. The van der Waals surface area contributed by atoms with E-state index in [2.05, 4.69) is 27.0 Å². The Morgan fingerprint density at radius 3 is 2.71 bits per heavy atom. The van der Waals surface area contributed by atoms with Crippen molar-refractivity contribution in [1.29, 1.82) is 0 Å². The average molecular weight is 538 g/mol. The molecule has 1 saturated heterocycles. The number of halogens is 1. The van der Waals surface area contributed by atoms with Gasteiger partial charge in [-0.3, -0.25) is 4.79 Å². The summed E-state index contributed by atoms with van der Waals surface area (Å²) in [6.07, 6.45) is 0.986. The molecule has 3 rings (SSSR count). The Bertz CT molecular complexity index is 855. The molecule has 1 atom stereocenters. The van der Waals surface area contributed by atoms with E-state index in [9.17, 15) is 4.79 Å². The van der Waals surface area contributed by atoms with Crippen LogP contribution >= 0.6 is 24.0 Å². The lowest BCUT2D eigenvalue weighted by Crippen LogP contribution is -2.41. The van der Waals surface area contributed by atoms with Gasteiger partial charge in [0.25, 0.3) is 0 Å². The third kappa shape index (κ3) is 8.37. The molecule has 31 heavy (non-hydrogen) atoms. The van der Waals surface area contributed by atoms with Gasteiger partial charge in [-0.2, -0.15) is 0 Å². The van der Waals surface area contributed by atoms with E-state index in [1.165, 1.54) is 0 Å². The van der Waals surface area contributed by atoms with Gasteiger partial charge in [0.05, 0.1) is 26.3 Å². The van der Waals surface area contributed by atoms with Crippen molar-refractivity contribution >= 4 is 41.5 Å². The number of anilines is 1. The number of amides is 1. The molecule has 0 aliphatic carbocycles. The molecule has 2 aromatic rings. The van der Waals surface area contributed by atoms with Crippen LogP contribution in [0.25, 0.3) is 0 Å². The van der Waals surface area contributed by atoms with E-state index in [0.29, 0.717) is 25.7 Å². The molecule has 3 N–H and O–H groups in total. The van der Waals surface area contributed by atoms with E-state index in [1.54, 1.807) is 0 Å². The van der Waals surface area contributed by atoms with E-state index >= 15 is 0 Å². The highest BCUT2D eigenvalue weighted by atomic mass is 127. The van der Waals surface area contributed by atoms with Crippen LogP contribution in [0.15, 0.2) is 53.5 Å². The minimum Gasteiger partial charge on any atom is -0.488 e. The largest absolute Gasteiger partial charge is 0.488 e. The van der Waals surface area contributed by atoms with E-state index in [1.807, 2.05) is 56.3 Å². The lowest BCUT2D eigenvalue weighted by Gasteiger charge is -2.16. The van der Waals surface area contributed by atoms with Crippen LogP contribution in [-0.2, 0) is 16.1 Å². The summed E-state index contributed by atoms with van der Waals surface area (Å²) in [5.41, 5.74) is 2.90. The number of aliphatic imine (C=N–C) groups is 1. The van der Waals surface area contributed by atoms with Crippen LogP contribution in [0, 0.1) is 6.92 Å². The van der Waals surface area contributed by atoms with Crippen molar-refractivity contribution in [3.63, 3.8) is 0 Å². The molecule has 8 heteroatoms. The second-order valence-electron chi connectivity index (χ2n) is 7.18. The van der Waals surface area contributed by atoms with Gasteiger partial charge in [0, 0.05) is 24.2 Å². The van der Waals surface area contributed by atoms with Crippen molar-refractivity contribution in [3.8, 4) is 5.75 Å². The molecule has 0 aromatic heterocycles. The number of guanidine groups is 1. The van der Waals surface area contributed by atoms with E-state index in [-0.39, 0.29) is 42.5 Å². The number of benzene rings is 2. The Balaban J connectivity index is 0.00000341. The van der Waals surface area contributed by atoms with Gasteiger partial charge in [-0.1, -0.05) is 30.3 Å². The molecule has 0 bridgehead atoms. The maximum atomic E-state index is 12.2. The first-order valence-corrected chi connectivity index (χ1v) is 10.3. The molecule has 1 fully saturated rings. The summed E-state index contributed by atoms with van der Waals surface area (Å²) in [7, 11) is 0. The van der Waals surface area contributed by atoms with Crippen molar-refractivity contribution in [2.75, 3.05) is 31.6 Å². The number of ether oxygens (including phenoxy) is 2. The molecule has 2 aromatic carbocycles. The van der Waals surface area contributed by atoms with Gasteiger partial charge in [0.2, 0.25) is 5.91 Å². The zero-order valence-electron chi connectivity index (χ0n) is 18.0. The molecule has 0 saturated carbocycles. The van der Waals surface area contributed by atoms with Crippen LogP contribution in [0.3, 0.4) is 0 Å². The third-order valence-corrected chi connectivity index (χ3v) is 4.63. The summed E-state index contributed by atoms with van der Waals surface area (Å²) in [5.74, 6) is 1.29. The molecule has 1 aliphatic rings. The van der Waals surface area contributed by atoms with Crippen LogP contribution in [0.4, 0.5) is 5.69 Å². The van der Waals surface area contributed by atoms with Gasteiger partial charge >= 0.3 is 0 Å². The number of hydrogen-bond donors (Lipinski definition) is 3. The van der Waals surface area contributed by atoms with E-state index < -0.39 is 0 Å². The SMILES string of the molecule is CCNC(=NCc1ccc(C)cc1OC1CCOC1)NCC(=O)Nc1ccccc1.I. The van der Waals surface area contributed by atoms with Crippen LogP contribution in [-0.4, -0.2) is 44.3 Å². The highest BCUT2D eigenvalue weighted by molar-refractivity contribution is 14.0. The maximum absolute atomic E-state index is 12.2. The first-order chi connectivity index (χ1) is 14.6. The number of carbonyl (C=O) groups excluding carboxylic acids is 1. The Kier molecular flexibility index (Phi) is 10.6. The molecule has 1 aliphatic heterocycles. The number of rotatable bonds is 8. The number of nitrogens with zero attached hydrogens (tertiary/aromatic N) is 1. The number of nitrogens with one attached hydrogen (secondary N) is 3. The molecule has 1 unspecified atom stereocenters. The number of carbonyl (C=O) groups is 1. The van der Waals surface area contributed by atoms with Gasteiger partial charge in [-0.25, -0.2) is 4.99 Å². The molecule has 0 radical (unpaired) electrons. The minimum atomic E-state index is -0.132. The minimum absolute atomic E-state index is 0. The van der Waals surface area contributed by atoms with Gasteiger partial charge in [0.1, 0.15) is 11.9 Å². The second kappa shape index (κ2) is 13.2. The summed E-state index contributed by atoms with van der Waals surface area (Å²) < 4.78 is 11.6. The second-order valence-corrected chi connectivity index (χ2v) is 7.18. The van der Waals surface area contributed by atoms with Crippen LogP contribution in [0.5, 0.6) is 5.75 Å². The van der Waals surface area contributed by atoms with Crippen LogP contribution in [0.2, 0.25) is 0 Å². The monoisotopic (exact) mass is 538 g/mol. The van der Waals surface area contributed by atoms with Crippen molar-refractivity contribution in [2.24, 2.45) is 4.99 Å². The molecular formula is C23H31IN4O3. The fourth-order valence-corrected chi connectivity index (χ4v) is 3.08. The smallest absolute Gasteiger partial charge is 0.243 e. The Labute approximate surface area is 201 Å². The third-order valence-electron chi connectivity index (χ3n) is 4.63. The fourth-order valence-electron chi connectivity index (χ4n) is 3.08. The standard InChI is InChI=1S/C23H30N4O3.HI/c1-3-24-23(26-15-22(28)27-19-7-5-4-6-8-19)25-14-18-10-9-17(2)13-21(18)30-20-11-12-29-16-20;/h4-10,13,20H,3,11-12,14-16H2,1-2H3,(H,27,28)(H2,24,25,26);1H. The molecule has 7 nitrogen and oxygen atoms in total. The van der Waals surface area contributed by atoms with Crippen molar-refractivity contribution < 1.29 is 14.3 Å². The predicted octanol–water partition coefficient (Wildman–Crippen LogP) is 3.47. The average Bonchev–Trinajstić information content (AvgIpc) is 3.25. The highest BCUT2D eigenvalue weighted by Gasteiger charge is 2.18. The van der Waals surface area contributed by atoms with Crippen LogP contribution in [0.1, 0.15) is 24.5 Å². The first kappa shape index (κ1) is 24.9.